The highest BCUT2D eigenvalue weighted by atomic mass is 32.2. The zero-order valence-electron chi connectivity index (χ0n) is 16.3. The van der Waals surface area contributed by atoms with E-state index in [0.29, 0.717) is 13.0 Å². The van der Waals surface area contributed by atoms with Gasteiger partial charge in [-0.15, -0.1) is 0 Å². The van der Waals surface area contributed by atoms with E-state index in [2.05, 4.69) is 0 Å². The molecular weight excluding hydrogens is 402 g/mol. The average molecular weight is 426 g/mol. The Balaban J connectivity index is 1.57. The number of benzene rings is 3. The van der Waals surface area contributed by atoms with Crippen LogP contribution in [0.25, 0.3) is 10.8 Å². The van der Waals surface area contributed by atoms with Gasteiger partial charge in [0.15, 0.2) is 0 Å². The van der Waals surface area contributed by atoms with Crippen LogP contribution in [0.1, 0.15) is 18.4 Å². The number of ether oxygens (including phenoxy) is 1. The SMILES string of the molecule is O=C(O)C[C@@H]1C[C@@H](OCc2ccccc2)CN1S(=O)(=O)c1ccc2ccccc2c1. The van der Waals surface area contributed by atoms with Crippen molar-refractivity contribution in [1.82, 2.24) is 4.31 Å². The molecule has 0 bridgehead atoms. The summed E-state index contributed by atoms with van der Waals surface area (Å²) in [5.74, 6) is -1.03. The first-order valence-corrected chi connectivity index (χ1v) is 11.3. The van der Waals surface area contributed by atoms with Crippen LogP contribution in [0.5, 0.6) is 0 Å². The van der Waals surface area contributed by atoms with Gasteiger partial charge in [0.05, 0.1) is 24.0 Å². The van der Waals surface area contributed by atoms with Crippen molar-refractivity contribution in [2.45, 2.75) is 36.5 Å². The summed E-state index contributed by atoms with van der Waals surface area (Å²) >= 11 is 0. The van der Waals surface area contributed by atoms with Crippen molar-refractivity contribution in [3.05, 3.63) is 78.4 Å². The Bertz CT molecular complexity index is 1150. The fourth-order valence-electron chi connectivity index (χ4n) is 3.90. The molecule has 1 aliphatic heterocycles. The minimum Gasteiger partial charge on any atom is -0.481 e. The van der Waals surface area contributed by atoms with Gasteiger partial charge in [-0.3, -0.25) is 4.79 Å². The van der Waals surface area contributed by atoms with E-state index < -0.39 is 22.0 Å². The molecule has 30 heavy (non-hydrogen) atoms. The number of carboxylic acids is 1. The van der Waals surface area contributed by atoms with E-state index in [4.69, 9.17) is 4.74 Å². The standard InChI is InChI=1S/C23H23NO5S/c25-23(26)14-20-13-21(29-16-17-6-2-1-3-7-17)15-24(20)30(27,28)22-11-10-18-8-4-5-9-19(18)12-22/h1-12,20-21H,13-16H2,(H,25,26)/t20-,21+/m0/s1. The van der Waals surface area contributed by atoms with Crippen LogP contribution in [-0.2, 0) is 26.2 Å². The molecule has 2 atom stereocenters. The van der Waals surface area contributed by atoms with E-state index in [1.54, 1.807) is 18.2 Å². The molecule has 4 rings (SSSR count). The Labute approximate surface area is 175 Å². The number of hydrogen-bond donors (Lipinski definition) is 1. The van der Waals surface area contributed by atoms with Gasteiger partial charge in [-0.2, -0.15) is 4.31 Å². The maximum absolute atomic E-state index is 13.4. The average Bonchev–Trinajstić information content (AvgIpc) is 3.15. The van der Waals surface area contributed by atoms with Crippen LogP contribution in [0, 0.1) is 0 Å². The second-order valence-corrected chi connectivity index (χ2v) is 9.38. The molecule has 7 heteroatoms. The van der Waals surface area contributed by atoms with Crippen molar-refractivity contribution in [2.75, 3.05) is 6.54 Å². The highest BCUT2D eigenvalue weighted by molar-refractivity contribution is 7.89. The molecule has 156 valence electrons. The molecule has 1 aliphatic rings. The van der Waals surface area contributed by atoms with Crippen molar-refractivity contribution in [3.8, 4) is 0 Å². The van der Waals surface area contributed by atoms with Gasteiger partial charge >= 0.3 is 5.97 Å². The molecule has 0 aromatic heterocycles. The van der Waals surface area contributed by atoms with Crippen LogP contribution in [0.4, 0.5) is 0 Å². The van der Waals surface area contributed by atoms with Crippen LogP contribution in [0.3, 0.4) is 0 Å². The third-order valence-corrected chi connectivity index (χ3v) is 7.31. The molecule has 0 aliphatic carbocycles. The molecule has 1 fully saturated rings. The molecule has 1 heterocycles. The minimum atomic E-state index is -3.85. The van der Waals surface area contributed by atoms with E-state index in [1.165, 1.54) is 4.31 Å². The van der Waals surface area contributed by atoms with E-state index in [-0.39, 0.29) is 24.0 Å². The number of fused-ring (bicyclic) bond motifs is 1. The molecule has 3 aromatic carbocycles. The maximum atomic E-state index is 13.4. The highest BCUT2D eigenvalue weighted by Crippen LogP contribution is 2.31. The molecule has 0 unspecified atom stereocenters. The number of hydrogen-bond acceptors (Lipinski definition) is 4. The van der Waals surface area contributed by atoms with Gasteiger partial charge in [0.25, 0.3) is 0 Å². The summed E-state index contributed by atoms with van der Waals surface area (Å²) in [6.07, 6.45) is -0.256. The number of carboxylic acid groups (broad SMARTS) is 1. The summed E-state index contributed by atoms with van der Waals surface area (Å²) in [7, 11) is -3.85. The van der Waals surface area contributed by atoms with Crippen molar-refractivity contribution in [1.29, 1.82) is 0 Å². The fourth-order valence-corrected chi connectivity index (χ4v) is 5.60. The Morgan fingerprint density at radius 1 is 1.00 bits per heavy atom. The third-order valence-electron chi connectivity index (χ3n) is 5.39. The molecule has 1 N–H and O–H groups in total. The second-order valence-electron chi connectivity index (χ2n) is 7.49. The summed E-state index contributed by atoms with van der Waals surface area (Å²) in [5.41, 5.74) is 0.989. The lowest BCUT2D eigenvalue weighted by Crippen LogP contribution is -2.37. The molecule has 0 saturated carbocycles. The number of aliphatic carboxylic acids is 1. The molecule has 0 amide bonds. The zero-order chi connectivity index (χ0) is 21.1. The van der Waals surface area contributed by atoms with Crippen LogP contribution in [0.15, 0.2) is 77.7 Å². The summed E-state index contributed by atoms with van der Waals surface area (Å²) in [5, 5.41) is 11.1. The van der Waals surface area contributed by atoms with Gasteiger partial charge in [0.1, 0.15) is 0 Å². The number of carbonyl (C=O) groups is 1. The van der Waals surface area contributed by atoms with E-state index >= 15 is 0 Å². The molecule has 0 radical (unpaired) electrons. The zero-order valence-corrected chi connectivity index (χ0v) is 17.2. The summed E-state index contributed by atoms with van der Waals surface area (Å²) < 4.78 is 34.0. The quantitative estimate of drug-likeness (QED) is 0.625. The predicted molar refractivity (Wildman–Crippen MR) is 114 cm³/mol. The van der Waals surface area contributed by atoms with E-state index in [1.807, 2.05) is 54.6 Å². The summed E-state index contributed by atoms with van der Waals surface area (Å²) in [6, 6.07) is 21.5. The van der Waals surface area contributed by atoms with Gasteiger partial charge in [0.2, 0.25) is 10.0 Å². The topological polar surface area (TPSA) is 83.9 Å². The molecule has 0 spiro atoms. The lowest BCUT2D eigenvalue weighted by atomic mass is 10.1. The first-order valence-electron chi connectivity index (χ1n) is 9.81. The lowest BCUT2D eigenvalue weighted by molar-refractivity contribution is -0.137. The fraction of sp³-hybridized carbons (Fsp3) is 0.261. The third kappa shape index (κ3) is 4.38. The summed E-state index contributed by atoms with van der Waals surface area (Å²) in [6.45, 7) is 0.495. The predicted octanol–water partition coefficient (Wildman–Crippen LogP) is 3.66. The Morgan fingerprint density at radius 3 is 2.43 bits per heavy atom. The maximum Gasteiger partial charge on any atom is 0.304 e. The largest absolute Gasteiger partial charge is 0.481 e. The monoisotopic (exact) mass is 425 g/mol. The Morgan fingerprint density at radius 2 is 1.70 bits per heavy atom. The minimum absolute atomic E-state index is 0.139. The molecule has 1 saturated heterocycles. The van der Waals surface area contributed by atoms with Crippen molar-refractivity contribution in [2.24, 2.45) is 0 Å². The number of nitrogens with zero attached hydrogens (tertiary/aromatic N) is 1. The van der Waals surface area contributed by atoms with Crippen LogP contribution in [0.2, 0.25) is 0 Å². The highest BCUT2D eigenvalue weighted by Gasteiger charge is 2.41. The summed E-state index contributed by atoms with van der Waals surface area (Å²) in [4.78, 5) is 11.5. The van der Waals surface area contributed by atoms with Crippen LogP contribution < -0.4 is 0 Å². The van der Waals surface area contributed by atoms with Crippen LogP contribution in [-0.4, -0.2) is 42.5 Å². The van der Waals surface area contributed by atoms with Gasteiger partial charge in [-0.05, 0) is 34.9 Å². The van der Waals surface area contributed by atoms with Gasteiger partial charge in [-0.1, -0.05) is 60.7 Å². The molecular formula is C23H23NO5S. The Hall–Kier alpha value is -2.74. The lowest BCUT2D eigenvalue weighted by Gasteiger charge is -2.22. The van der Waals surface area contributed by atoms with Crippen molar-refractivity contribution >= 4 is 26.8 Å². The van der Waals surface area contributed by atoms with Crippen LogP contribution >= 0.6 is 0 Å². The first kappa shape index (κ1) is 20.5. The van der Waals surface area contributed by atoms with Gasteiger partial charge in [-0.25, -0.2) is 8.42 Å². The van der Waals surface area contributed by atoms with Gasteiger partial charge in [0, 0.05) is 12.6 Å². The molecule has 6 nitrogen and oxygen atoms in total. The normalized spacial score (nSPS) is 19.9. The van der Waals surface area contributed by atoms with Crippen molar-refractivity contribution < 1.29 is 23.1 Å². The first-order chi connectivity index (χ1) is 14.4. The Kier molecular flexibility index (Phi) is 5.85. The smallest absolute Gasteiger partial charge is 0.304 e. The second kappa shape index (κ2) is 8.55. The van der Waals surface area contributed by atoms with Gasteiger partial charge < -0.3 is 9.84 Å². The number of rotatable bonds is 7. The number of sulfonamides is 1. The molecule has 3 aromatic rings. The van der Waals surface area contributed by atoms with Crippen molar-refractivity contribution in [3.63, 3.8) is 0 Å². The van der Waals surface area contributed by atoms with E-state index in [9.17, 15) is 18.3 Å². The van der Waals surface area contributed by atoms with E-state index in [0.717, 1.165) is 16.3 Å².